The van der Waals surface area contributed by atoms with E-state index in [2.05, 4.69) is 0 Å². The number of benzene rings is 2. The van der Waals surface area contributed by atoms with Crippen molar-refractivity contribution in [3.63, 3.8) is 0 Å². The highest BCUT2D eigenvalue weighted by atomic mass is 19.4. The Balaban J connectivity index is 1.71. The number of fused-ring (bicyclic) bond motifs is 1. The molecule has 1 saturated heterocycles. The van der Waals surface area contributed by atoms with Crippen LogP contribution in [0.1, 0.15) is 16.7 Å². The van der Waals surface area contributed by atoms with Crippen LogP contribution in [-0.4, -0.2) is 38.2 Å². The summed E-state index contributed by atoms with van der Waals surface area (Å²) in [6.07, 6.45) is -4.15. The van der Waals surface area contributed by atoms with E-state index < -0.39 is 11.7 Å². The van der Waals surface area contributed by atoms with Gasteiger partial charge < -0.3 is 24.2 Å². The molecule has 0 saturated carbocycles. The van der Waals surface area contributed by atoms with Gasteiger partial charge in [-0.3, -0.25) is 0 Å². The fourth-order valence-electron chi connectivity index (χ4n) is 3.31. The highest BCUT2D eigenvalue weighted by Crippen LogP contribution is 2.40. The summed E-state index contributed by atoms with van der Waals surface area (Å²) in [6.45, 7) is 2.04. The monoisotopic (exact) mass is 381 g/mol. The van der Waals surface area contributed by atoms with Crippen LogP contribution in [-0.2, 0) is 17.3 Å². The molecule has 5 nitrogen and oxygen atoms in total. The molecule has 2 heterocycles. The van der Waals surface area contributed by atoms with Crippen molar-refractivity contribution in [1.82, 2.24) is 0 Å². The molecular weight excluding hydrogens is 363 g/mol. The molecule has 2 aliphatic rings. The first-order chi connectivity index (χ1) is 12.9. The van der Waals surface area contributed by atoms with Crippen LogP contribution in [0.4, 0.5) is 18.9 Å². The van der Waals surface area contributed by atoms with Crippen molar-refractivity contribution in [3.8, 4) is 17.2 Å². The molecular formula is C19H18F3NO4. The topological polar surface area (TPSA) is 51.2 Å². The Morgan fingerprint density at radius 3 is 2.37 bits per heavy atom. The number of ether oxygens (including phenoxy) is 3. The summed E-state index contributed by atoms with van der Waals surface area (Å²) in [7, 11) is 0. The Hall–Kier alpha value is -2.61. The molecule has 0 amide bonds. The standard InChI is InChI=1S/C19H18F3NO4/c20-19(21,22)14-2-1-12(15(9-14)23-3-5-25-6-4-23)7-13-8-17-18(10-16(13)24)27-11-26-17/h1-2,8-10,24H,3-7,11H2. The highest BCUT2D eigenvalue weighted by Gasteiger charge is 2.32. The van der Waals surface area contributed by atoms with Crippen LogP contribution in [0.3, 0.4) is 0 Å². The molecule has 0 aliphatic carbocycles. The number of halogens is 3. The third-order valence-electron chi connectivity index (χ3n) is 4.72. The van der Waals surface area contributed by atoms with Gasteiger partial charge in [0.05, 0.1) is 18.8 Å². The first-order valence-electron chi connectivity index (χ1n) is 8.56. The second-order valence-corrected chi connectivity index (χ2v) is 6.45. The summed E-state index contributed by atoms with van der Waals surface area (Å²) in [5.41, 5.74) is 1.07. The maximum Gasteiger partial charge on any atom is 0.416 e. The van der Waals surface area contributed by atoms with Gasteiger partial charge in [-0.2, -0.15) is 13.2 Å². The van der Waals surface area contributed by atoms with E-state index in [1.807, 2.05) is 4.90 Å². The zero-order valence-electron chi connectivity index (χ0n) is 14.4. The number of rotatable bonds is 3. The van der Waals surface area contributed by atoms with E-state index in [4.69, 9.17) is 14.2 Å². The number of hydrogen-bond donors (Lipinski definition) is 1. The number of alkyl halides is 3. The lowest BCUT2D eigenvalue weighted by Gasteiger charge is -2.31. The van der Waals surface area contributed by atoms with E-state index in [0.29, 0.717) is 54.6 Å². The van der Waals surface area contributed by atoms with Crippen LogP contribution in [0.25, 0.3) is 0 Å². The first-order valence-corrected chi connectivity index (χ1v) is 8.56. The van der Waals surface area contributed by atoms with Crippen LogP contribution < -0.4 is 14.4 Å². The van der Waals surface area contributed by atoms with Gasteiger partial charge in [0.2, 0.25) is 6.79 Å². The number of nitrogens with zero attached hydrogens (tertiary/aromatic N) is 1. The fraction of sp³-hybridized carbons (Fsp3) is 0.368. The summed E-state index contributed by atoms with van der Waals surface area (Å²) in [5.74, 6) is 0.992. The second kappa shape index (κ2) is 6.84. The number of anilines is 1. The number of phenols is 1. The number of hydrogen-bond acceptors (Lipinski definition) is 5. The van der Waals surface area contributed by atoms with Gasteiger partial charge in [-0.1, -0.05) is 6.07 Å². The first kappa shape index (κ1) is 17.8. The van der Waals surface area contributed by atoms with Gasteiger partial charge in [0.25, 0.3) is 0 Å². The summed E-state index contributed by atoms with van der Waals surface area (Å²) in [4.78, 5) is 1.89. The Morgan fingerprint density at radius 2 is 1.67 bits per heavy atom. The Morgan fingerprint density at radius 1 is 0.963 bits per heavy atom. The minimum atomic E-state index is -4.42. The molecule has 0 unspecified atom stereocenters. The number of aromatic hydroxyl groups is 1. The number of morpholine rings is 1. The van der Waals surface area contributed by atoms with Crippen LogP contribution in [0, 0.1) is 0 Å². The predicted molar refractivity (Wildman–Crippen MR) is 91.5 cm³/mol. The molecule has 0 atom stereocenters. The van der Waals surface area contributed by atoms with Crippen LogP contribution in [0.15, 0.2) is 30.3 Å². The minimum Gasteiger partial charge on any atom is -0.508 e. The zero-order valence-corrected chi connectivity index (χ0v) is 14.4. The molecule has 8 heteroatoms. The van der Waals surface area contributed by atoms with E-state index >= 15 is 0 Å². The van der Waals surface area contributed by atoms with E-state index in [0.717, 1.165) is 6.07 Å². The molecule has 0 radical (unpaired) electrons. The Bertz CT molecular complexity index is 848. The van der Waals surface area contributed by atoms with Gasteiger partial charge in [0, 0.05) is 36.8 Å². The maximum absolute atomic E-state index is 13.2. The Labute approximate surface area is 153 Å². The molecule has 1 N–H and O–H groups in total. The lowest BCUT2D eigenvalue weighted by Crippen LogP contribution is -2.37. The molecule has 0 aromatic heterocycles. The van der Waals surface area contributed by atoms with E-state index in [1.165, 1.54) is 18.2 Å². The third kappa shape index (κ3) is 3.62. The van der Waals surface area contributed by atoms with Crippen LogP contribution in [0.2, 0.25) is 0 Å². The van der Waals surface area contributed by atoms with Gasteiger partial charge in [-0.25, -0.2) is 0 Å². The largest absolute Gasteiger partial charge is 0.508 e. The van der Waals surface area contributed by atoms with Gasteiger partial charge in [0.1, 0.15) is 5.75 Å². The maximum atomic E-state index is 13.2. The molecule has 2 aromatic rings. The zero-order chi connectivity index (χ0) is 19.0. The molecule has 0 spiro atoms. The third-order valence-corrected chi connectivity index (χ3v) is 4.72. The van der Waals surface area contributed by atoms with Gasteiger partial charge in [0.15, 0.2) is 11.5 Å². The van der Waals surface area contributed by atoms with Crippen molar-refractivity contribution >= 4 is 5.69 Å². The molecule has 2 aliphatic heterocycles. The molecule has 0 bridgehead atoms. The SMILES string of the molecule is Oc1cc2c(cc1Cc1ccc(C(F)(F)F)cc1N1CCOCC1)OCO2. The van der Waals surface area contributed by atoms with E-state index in [1.54, 1.807) is 6.07 Å². The van der Waals surface area contributed by atoms with E-state index in [-0.39, 0.29) is 19.0 Å². The summed E-state index contributed by atoms with van der Waals surface area (Å²) >= 11 is 0. The average Bonchev–Trinajstić information content (AvgIpc) is 3.09. The lowest BCUT2D eigenvalue weighted by atomic mass is 9.99. The van der Waals surface area contributed by atoms with Gasteiger partial charge >= 0.3 is 6.18 Å². The average molecular weight is 381 g/mol. The minimum absolute atomic E-state index is 0.0204. The van der Waals surface area contributed by atoms with Crippen molar-refractivity contribution in [1.29, 1.82) is 0 Å². The molecule has 1 fully saturated rings. The van der Waals surface area contributed by atoms with Gasteiger partial charge in [-0.05, 0) is 23.8 Å². The van der Waals surface area contributed by atoms with Crippen LogP contribution >= 0.6 is 0 Å². The summed E-state index contributed by atoms with van der Waals surface area (Å²) in [6, 6.07) is 6.85. The molecule has 2 aromatic carbocycles. The summed E-state index contributed by atoms with van der Waals surface area (Å²) in [5, 5.41) is 10.3. The lowest BCUT2D eigenvalue weighted by molar-refractivity contribution is -0.137. The molecule has 144 valence electrons. The quantitative estimate of drug-likeness (QED) is 0.881. The van der Waals surface area contributed by atoms with Crippen molar-refractivity contribution < 1.29 is 32.5 Å². The highest BCUT2D eigenvalue weighted by molar-refractivity contribution is 5.60. The normalized spacial score (nSPS) is 16.6. The fourth-order valence-corrected chi connectivity index (χ4v) is 3.31. The van der Waals surface area contributed by atoms with Crippen molar-refractivity contribution in [2.24, 2.45) is 0 Å². The van der Waals surface area contributed by atoms with Crippen molar-refractivity contribution in [2.75, 3.05) is 38.0 Å². The van der Waals surface area contributed by atoms with Crippen LogP contribution in [0.5, 0.6) is 17.2 Å². The van der Waals surface area contributed by atoms with Crippen molar-refractivity contribution in [3.05, 3.63) is 47.0 Å². The van der Waals surface area contributed by atoms with Crippen molar-refractivity contribution in [2.45, 2.75) is 12.6 Å². The van der Waals surface area contributed by atoms with Gasteiger partial charge in [-0.15, -0.1) is 0 Å². The summed E-state index contributed by atoms with van der Waals surface area (Å²) < 4.78 is 55.5. The number of phenolic OH excluding ortho intramolecular Hbond substituents is 1. The van der Waals surface area contributed by atoms with E-state index in [9.17, 15) is 18.3 Å². The molecule has 4 rings (SSSR count). The Kier molecular flexibility index (Phi) is 4.51. The smallest absolute Gasteiger partial charge is 0.416 e. The predicted octanol–water partition coefficient (Wildman–Crippen LogP) is 3.57. The molecule has 27 heavy (non-hydrogen) atoms. The second-order valence-electron chi connectivity index (χ2n) is 6.45.